The van der Waals surface area contributed by atoms with Crippen molar-refractivity contribution in [2.24, 2.45) is 0 Å². The van der Waals surface area contributed by atoms with Crippen LogP contribution in [0.5, 0.6) is 0 Å². The summed E-state index contributed by atoms with van der Waals surface area (Å²) in [6.07, 6.45) is 0. The standard InChI is InChI=1S/C20H22N2O3S/c1-3-25-19(23)16-9-10-18-17(13-16)21-20(22(18)11-12-24-2)26-14-15-7-5-4-6-8-15/h4-10,13H,3,11-12,14H2,1-2H3. The number of esters is 1. The number of nitrogens with zero attached hydrogens (tertiary/aromatic N) is 2. The van der Waals surface area contributed by atoms with Crippen molar-refractivity contribution in [2.45, 2.75) is 24.4 Å². The van der Waals surface area contributed by atoms with E-state index in [1.165, 1.54) is 5.56 Å². The molecule has 0 fully saturated rings. The van der Waals surface area contributed by atoms with E-state index in [4.69, 9.17) is 14.5 Å². The molecule has 0 aliphatic heterocycles. The zero-order chi connectivity index (χ0) is 18.4. The number of ether oxygens (including phenoxy) is 2. The van der Waals surface area contributed by atoms with Gasteiger partial charge in [0, 0.05) is 19.4 Å². The Morgan fingerprint density at radius 3 is 2.73 bits per heavy atom. The summed E-state index contributed by atoms with van der Waals surface area (Å²) in [4.78, 5) is 16.7. The predicted octanol–water partition coefficient (Wildman–Crippen LogP) is 4.15. The Kier molecular flexibility index (Phi) is 6.30. The van der Waals surface area contributed by atoms with Crippen LogP contribution >= 0.6 is 11.8 Å². The van der Waals surface area contributed by atoms with Crippen LogP contribution in [0.25, 0.3) is 11.0 Å². The van der Waals surface area contributed by atoms with Crippen molar-refractivity contribution >= 4 is 28.8 Å². The molecule has 0 atom stereocenters. The molecule has 6 heteroatoms. The first-order valence-corrected chi connectivity index (χ1v) is 9.54. The Labute approximate surface area is 157 Å². The van der Waals surface area contributed by atoms with E-state index in [-0.39, 0.29) is 5.97 Å². The molecule has 0 unspecified atom stereocenters. The Morgan fingerprint density at radius 1 is 1.19 bits per heavy atom. The maximum Gasteiger partial charge on any atom is 0.338 e. The quantitative estimate of drug-likeness (QED) is 0.440. The molecular weight excluding hydrogens is 348 g/mol. The van der Waals surface area contributed by atoms with E-state index >= 15 is 0 Å². The van der Waals surface area contributed by atoms with Crippen molar-refractivity contribution in [2.75, 3.05) is 20.3 Å². The van der Waals surface area contributed by atoms with Crippen molar-refractivity contribution in [3.63, 3.8) is 0 Å². The summed E-state index contributed by atoms with van der Waals surface area (Å²) in [5.74, 6) is 0.515. The van der Waals surface area contributed by atoms with Gasteiger partial charge in [0.1, 0.15) is 0 Å². The monoisotopic (exact) mass is 370 g/mol. The van der Waals surface area contributed by atoms with Crippen molar-refractivity contribution in [3.05, 3.63) is 59.7 Å². The maximum atomic E-state index is 12.0. The minimum absolute atomic E-state index is 0.320. The van der Waals surface area contributed by atoms with Gasteiger partial charge in [0.05, 0.1) is 29.8 Å². The largest absolute Gasteiger partial charge is 0.462 e. The maximum absolute atomic E-state index is 12.0. The van der Waals surface area contributed by atoms with E-state index in [0.29, 0.717) is 25.3 Å². The van der Waals surface area contributed by atoms with Crippen LogP contribution in [0.2, 0.25) is 0 Å². The first-order valence-electron chi connectivity index (χ1n) is 8.56. The molecule has 26 heavy (non-hydrogen) atoms. The van der Waals surface area contributed by atoms with Gasteiger partial charge < -0.3 is 14.0 Å². The highest BCUT2D eigenvalue weighted by molar-refractivity contribution is 7.98. The topological polar surface area (TPSA) is 53.3 Å². The fourth-order valence-corrected chi connectivity index (χ4v) is 3.68. The van der Waals surface area contributed by atoms with Gasteiger partial charge in [-0.2, -0.15) is 0 Å². The van der Waals surface area contributed by atoms with Gasteiger partial charge in [-0.3, -0.25) is 0 Å². The summed E-state index contributed by atoms with van der Waals surface area (Å²) < 4.78 is 12.5. The Bertz CT molecular complexity index is 877. The third-order valence-corrected chi connectivity index (χ3v) is 5.00. The molecule has 0 N–H and O–H groups in total. The van der Waals surface area contributed by atoms with Crippen LogP contribution in [0.4, 0.5) is 0 Å². The van der Waals surface area contributed by atoms with Crippen molar-refractivity contribution in [1.29, 1.82) is 0 Å². The number of aromatic nitrogens is 2. The van der Waals surface area contributed by atoms with Crippen LogP contribution in [0.1, 0.15) is 22.8 Å². The molecule has 136 valence electrons. The van der Waals surface area contributed by atoms with Gasteiger partial charge in [-0.25, -0.2) is 9.78 Å². The van der Waals surface area contributed by atoms with Gasteiger partial charge in [-0.1, -0.05) is 42.1 Å². The Hall–Kier alpha value is -2.31. The number of methoxy groups -OCH3 is 1. The molecule has 0 bridgehead atoms. The Balaban J connectivity index is 1.90. The molecule has 5 nitrogen and oxygen atoms in total. The summed E-state index contributed by atoms with van der Waals surface area (Å²) in [6.45, 7) is 3.47. The molecule has 1 heterocycles. The number of carbonyl (C=O) groups excluding carboxylic acids is 1. The average molecular weight is 370 g/mol. The van der Waals surface area contributed by atoms with Gasteiger partial charge in [0.25, 0.3) is 0 Å². The molecular formula is C20H22N2O3S. The van der Waals surface area contributed by atoms with E-state index < -0.39 is 0 Å². The molecule has 0 spiro atoms. The summed E-state index contributed by atoms with van der Waals surface area (Å²) in [5, 5.41) is 0.918. The number of rotatable bonds is 8. The number of hydrogen-bond acceptors (Lipinski definition) is 5. The van der Waals surface area contributed by atoms with E-state index in [9.17, 15) is 4.79 Å². The minimum Gasteiger partial charge on any atom is -0.462 e. The van der Waals surface area contributed by atoms with Gasteiger partial charge in [-0.05, 0) is 30.7 Å². The minimum atomic E-state index is -0.320. The summed E-state index contributed by atoms with van der Waals surface area (Å²) in [5.41, 5.74) is 3.55. The fourth-order valence-electron chi connectivity index (χ4n) is 2.68. The number of thioether (sulfide) groups is 1. The van der Waals surface area contributed by atoms with Crippen LogP contribution in [0, 0.1) is 0 Å². The van der Waals surface area contributed by atoms with Crippen molar-refractivity contribution in [3.8, 4) is 0 Å². The summed E-state index contributed by atoms with van der Waals surface area (Å²) in [7, 11) is 1.69. The lowest BCUT2D eigenvalue weighted by atomic mass is 10.2. The van der Waals surface area contributed by atoms with Gasteiger partial charge in [0.2, 0.25) is 0 Å². The summed E-state index contributed by atoms with van der Waals surface area (Å²) >= 11 is 1.68. The molecule has 0 aliphatic rings. The number of carbonyl (C=O) groups is 1. The van der Waals surface area contributed by atoms with E-state index in [1.54, 1.807) is 37.9 Å². The lowest BCUT2D eigenvalue weighted by Crippen LogP contribution is -2.06. The highest BCUT2D eigenvalue weighted by Crippen LogP contribution is 2.27. The smallest absolute Gasteiger partial charge is 0.338 e. The number of imidazole rings is 1. The third kappa shape index (κ3) is 4.26. The SMILES string of the molecule is CCOC(=O)c1ccc2c(c1)nc(SCc1ccccc1)n2CCOC. The van der Waals surface area contributed by atoms with Crippen LogP contribution in [-0.2, 0) is 21.8 Å². The van der Waals surface area contributed by atoms with Crippen LogP contribution in [0.15, 0.2) is 53.7 Å². The van der Waals surface area contributed by atoms with E-state index in [1.807, 2.05) is 24.3 Å². The molecule has 0 amide bonds. The van der Waals surface area contributed by atoms with Gasteiger partial charge in [0.15, 0.2) is 5.16 Å². The van der Waals surface area contributed by atoms with E-state index in [0.717, 1.165) is 21.9 Å². The van der Waals surface area contributed by atoms with Crippen LogP contribution in [0.3, 0.4) is 0 Å². The number of fused-ring (bicyclic) bond motifs is 1. The van der Waals surface area contributed by atoms with Gasteiger partial charge >= 0.3 is 5.97 Å². The van der Waals surface area contributed by atoms with Crippen molar-refractivity contribution in [1.82, 2.24) is 9.55 Å². The normalized spacial score (nSPS) is 11.0. The first-order chi connectivity index (χ1) is 12.7. The molecule has 1 aromatic heterocycles. The predicted molar refractivity (Wildman–Crippen MR) is 104 cm³/mol. The van der Waals surface area contributed by atoms with Crippen LogP contribution < -0.4 is 0 Å². The highest BCUT2D eigenvalue weighted by atomic mass is 32.2. The Morgan fingerprint density at radius 2 is 2.00 bits per heavy atom. The molecule has 2 aromatic carbocycles. The third-order valence-electron chi connectivity index (χ3n) is 3.95. The lowest BCUT2D eigenvalue weighted by Gasteiger charge is -2.08. The fraction of sp³-hybridized carbons (Fsp3) is 0.300. The zero-order valence-electron chi connectivity index (χ0n) is 15.0. The second-order valence-corrected chi connectivity index (χ2v) is 6.68. The average Bonchev–Trinajstić information content (AvgIpc) is 3.02. The van der Waals surface area contributed by atoms with Crippen LogP contribution in [-0.4, -0.2) is 35.8 Å². The lowest BCUT2D eigenvalue weighted by molar-refractivity contribution is 0.0526. The molecule has 0 saturated carbocycles. The highest BCUT2D eigenvalue weighted by Gasteiger charge is 2.14. The second kappa shape index (κ2) is 8.87. The molecule has 3 aromatic rings. The van der Waals surface area contributed by atoms with E-state index in [2.05, 4.69) is 16.7 Å². The van der Waals surface area contributed by atoms with Gasteiger partial charge in [-0.15, -0.1) is 0 Å². The second-order valence-electron chi connectivity index (χ2n) is 5.74. The number of benzene rings is 2. The van der Waals surface area contributed by atoms with Crippen molar-refractivity contribution < 1.29 is 14.3 Å². The first kappa shape index (κ1) is 18.5. The molecule has 0 radical (unpaired) electrons. The molecule has 0 saturated heterocycles. The molecule has 0 aliphatic carbocycles. The number of hydrogen-bond donors (Lipinski definition) is 0. The molecule has 3 rings (SSSR count). The zero-order valence-corrected chi connectivity index (χ0v) is 15.8. The summed E-state index contributed by atoms with van der Waals surface area (Å²) in [6, 6.07) is 15.8.